The van der Waals surface area contributed by atoms with Crippen LogP contribution in [0.1, 0.15) is 76.6 Å². The predicted molar refractivity (Wildman–Crippen MR) is 120 cm³/mol. The zero-order valence-corrected chi connectivity index (χ0v) is 19.4. The smallest absolute Gasteiger partial charge is 0.243 e. The third kappa shape index (κ3) is 5.12. The van der Waals surface area contributed by atoms with Gasteiger partial charge in [0.05, 0.1) is 11.5 Å². The number of piperidine rings is 1. The Morgan fingerprint density at radius 3 is 2.35 bits per heavy atom. The average Bonchev–Trinajstić information content (AvgIpc) is 3.29. The van der Waals surface area contributed by atoms with Gasteiger partial charge in [0.15, 0.2) is 0 Å². The van der Waals surface area contributed by atoms with Crippen molar-refractivity contribution in [1.82, 2.24) is 19.1 Å². The van der Waals surface area contributed by atoms with Gasteiger partial charge in [0.25, 0.3) is 0 Å². The number of benzene rings is 1. The van der Waals surface area contributed by atoms with E-state index < -0.39 is 10.0 Å². The highest BCUT2D eigenvalue weighted by Crippen LogP contribution is 2.31. The van der Waals surface area contributed by atoms with E-state index in [2.05, 4.69) is 28.6 Å². The third-order valence-corrected chi connectivity index (χ3v) is 8.56. The molecule has 2 aliphatic rings. The van der Waals surface area contributed by atoms with Crippen LogP contribution in [-0.2, 0) is 10.0 Å². The Bertz CT molecular complexity index is 941. The Morgan fingerprint density at radius 1 is 1.03 bits per heavy atom. The fourth-order valence-corrected chi connectivity index (χ4v) is 6.19. The molecule has 1 saturated heterocycles. The molecule has 1 saturated carbocycles. The molecule has 0 amide bonds. The maximum absolute atomic E-state index is 13.1. The van der Waals surface area contributed by atoms with Crippen LogP contribution in [0.2, 0.25) is 0 Å². The van der Waals surface area contributed by atoms with Crippen LogP contribution in [0.15, 0.2) is 35.5 Å². The number of aromatic nitrogens is 3. The molecule has 2 aromatic rings. The minimum Gasteiger partial charge on any atom is -0.493 e. The van der Waals surface area contributed by atoms with E-state index in [1.165, 1.54) is 32.1 Å². The number of sulfonamides is 1. The van der Waals surface area contributed by atoms with Crippen LogP contribution in [0.3, 0.4) is 0 Å². The summed E-state index contributed by atoms with van der Waals surface area (Å²) in [5.41, 5.74) is 0. The van der Waals surface area contributed by atoms with Crippen molar-refractivity contribution in [2.75, 3.05) is 19.7 Å². The second kappa shape index (κ2) is 9.69. The summed E-state index contributed by atoms with van der Waals surface area (Å²) in [5, 5.41) is 8.35. The molecule has 1 aliphatic heterocycles. The maximum atomic E-state index is 13.1. The fraction of sp³-hybridized carbons (Fsp3) is 0.652. The maximum Gasteiger partial charge on any atom is 0.243 e. The molecule has 170 valence electrons. The topological polar surface area (TPSA) is 77.3 Å². The molecule has 0 N–H and O–H groups in total. The molecule has 0 atom stereocenters. The quantitative estimate of drug-likeness (QED) is 0.630. The summed E-state index contributed by atoms with van der Waals surface area (Å²) in [5.74, 6) is 2.58. The normalized spacial score (nSPS) is 19.7. The van der Waals surface area contributed by atoms with Crippen molar-refractivity contribution in [3.63, 3.8) is 0 Å². The van der Waals surface area contributed by atoms with Gasteiger partial charge in [-0.1, -0.05) is 19.3 Å². The van der Waals surface area contributed by atoms with Gasteiger partial charge in [0.2, 0.25) is 10.0 Å². The Kier molecular flexibility index (Phi) is 6.96. The lowest BCUT2D eigenvalue weighted by molar-refractivity contribution is 0.208. The van der Waals surface area contributed by atoms with E-state index in [9.17, 15) is 8.42 Å². The highest BCUT2D eigenvalue weighted by atomic mass is 32.2. The fourth-order valence-electron chi connectivity index (χ4n) is 4.72. The van der Waals surface area contributed by atoms with Crippen molar-refractivity contribution >= 4 is 10.0 Å². The van der Waals surface area contributed by atoms with E-state index in [-0.39, 0.29) is 5.92 Å². The van der Waals surface area contributed by atoms with E-state index in [0.29, 0.717) is 29.9 Å². The molecule has 1 aliphatic carbocycles. The van der Waals surface area contributed by atoms with Gasteiger partial charge in [-0.25, -0.2) is 8.42 Å². The number of rotatable bonds is 7. The summed E-state index contributed by atoms with van der Waals surface area (Å²) in [6.07, 6.45) is 9.65. The summed E-state index contributed by atoms with van der Waals surface area (Å²) in [7, 11) is -3.50. The zero-order valence-electron chi connectivity index (χ0n) is 18.6. The van der Waals surface area contributed by atoms with Crippen LogP contribution in [0.4, 0.5) is 0 Å². The van der Waals surface area contributed by atoms with Gasteiger partial charge in [-0.15, -0.1) is 10.2 Å². The molecule has 7 nitrogen and oxygen atoms in total. The predicted octanol–water partition coefficient (Wildman–Crippen LogP) is 4.39. The standard InChI is InChI=1S/C23H34N4O3S/c1-18(2)27-17-24-25-23(27)20-12-14-26(15-13-20)31(28,29)22-10-8-21(9-11-22)30-16-19-6-4-3-5-7-19/h8-11,17-20H,3-7,12-16H2,1-2H3. The summed E-state index contributed by atoms with van der Waals surface area (Å²) in [6, 6.07) is 7.21. The van der Waals surface area contributed by atoms with Crippen LogP contribution in [0, 0.1) is 5.92 Å². The second-order valence-electron chi connectivity index (χ2n) is 9.15. The van der Waals surface area contributed by atoms with Gasteiger partial charge in [-0.2, -0.15) is 4.31 Å². The number of nitrogens with zero attached hydrogens (tertiary/aromatic N) is 4. The molecule has 2 fully saturated rings. The van der Waals surface area contributed by atoms with E-state index in [0.717, 1.165) is 31.0 Å². The Hall–Kier alpha value is -1.93. The summed E-state index contributed by atoms with van der Waals surface area (Å²) < 4.78 is 35.8. The zero-order chi connectivity index (χ0) is 21.8. The first-order valence-electron chi connectivity index (χ1n) is 11.6. The average molecular weight is 447 g/mol. The van der Waals surface area contributed by atoms with Crippen molar-refractivity contribution in [3.05, 3.63) is 36.4 Å². The van der Waals surface area contributed by atoms with E-state index >= 15 is 0 Å². The van der Waals surface area contributed by atoms with Crippen molar-refractivity contribution in [1.29, 1.82) is 0 Å². The van der Waals surface area contributed by atoms with Crippen LogP contribution < -0.4 is 4.74 Å². The Labute approximate surface area is 185 Å². The van der Waals surface area contributed by atoms with Gasteiger partial charge in [0.1, 0.15) is 17.9 Å². The molecule has 4 rings (SSSR count). The minimum absolute atomic E-state index is 0.243. The number of hydrogen-bond donors (Lipinski definition) is 0. The van der Waals surface area contributed by atoms with E-state index in [1.54, 1.807) is 34.9 Å². The van der Waals surface area contributed by atoms with Crippen LogP contribution in [0.5, 0.6) is 5.75 Å². The summed E-state index contributed by atoms with van der Waals surface area (Å²) in [4.78, 5) is 0.335. The van der Waals surface area contributed by atoms with Gasteiger partial charge in [-0.3, -0.25) is 0 Å². The summed E-state index contributed by atoms with van der Waals surface area (Å²) in [6.45, 7) is 5.93. The first kappa shape index (κ1) is 22.3. The van der Waals surface area contributed by atoms with Gasteiger partial charge >= 0.3 is 0 Å². The van der Waals surface area contributed by atoms with Gasteiger partial charge in [0, 0.05) is 25.0 Å². The van der Waals surface area contributed by atoms with Crippen molar-refractivity contribution < 1.29 is 13.2 Å². The van der Waals surface area contributed by atoms with Crippen LogP contribution in [0.25, 0.3) is 0 Å². The van der Waals surface area contributed by atoms with Gasteiger partial charge in [-0.05, 0) is 69.7 Å². The number of ether oxygens (including phenoxy) is 1. The van der Waals surface area contributed by atoms with Crippen LogP contribution in [-0.4, -0.2) is 47.2 Å². The molecule has 1 aromatic carbocycles. The molecule has 31 heavy (non-hydrogen) atoms. The molecule has 0 unspecified atom stereocenters. The molecule has 0 bridgehead atoms. The second-order valence-corrected chi connectivity index (χ2v) is 11.1. The minimum atomic E-state index is -3.50. The largest absolute Gasteiger partial charge is 0.493 e. The Balaban J connectivity index is 1.34. The SMILES string of the molecule is CC(C)n1cnnc1C1CCN(S(=O)(=O)c2ccc(OCC3CCCCC3)cc2)CC1. The lowest BCUT2D eigenvalue weighted by atomic mass is 9.90. The van der Waals surface area contributed by atoms with E-state index in [4.69, 9.17) is 4.74 Å². The molecule has 2 heterocycles. The first-order valence-corrected chi connectivity index (χ1v) is 13.0. The lowest BCUT2D eigenvalue weighted by Crippen LogP contribution is -2.38. The van der Waals surface area contributed by atoms with E-state index in [1.807, 2.05) is 0 Å². The monoisotopic (exact) mass is 446 g/mol. The first-order chi connectivity index (χ1) is 14.9. The lowest BCUT2D eigenvalue weighted by Gasteiger charge is -2.31. The summed E-state index contributed by atoms with van der Waals surface area (Å²) >= 11 is 0. The highest BCUT2D eigenvalue weighted by molar-refractivity contribution is 7.89. The molecule has 0 radical (unpaired) electrons. The molecular formula is C23H34N4O3S. The number of hydrogen-bond acceptors (Lipinski definition) is 5. The van der Waals surface area contributed by atoms with Crippen LogP contribution >= 0.6 is 0 Å². The molecular weight excluding hydrogens is 412 g/mol. The third-order valence-electron chi connectivity index (χ3n) is 6.65. The molecule has 8 heteroatoms. The van der Waals surface area contributed by atoms with Crippen molar-refractivity contribution in [2.45, 2.75) is 75.6 Å². The highest BCUT2D eigenvalue weighted by Gasteiger charge is 2.32. The van der Waals surface area contributed by atoms with Gasteiger partial charge < -0.3 is 9.30 Å². The van der Waals surface area contributed by atoms with Crippen molar-refractivity contribution in [3.8, 4) is 5.75 Å². The Morgan fingerprint density at radius 2 is 1.71 bits per heavy atom. The molecule has 0 spiro atoms. The van der Waals surface area contributed by atoms with Crippen molar-refractivity contribution in [2.24, 2.45) is 5.92 Å². The molecule has 1 aromatic heterocycles.